The number of methoxy groups -OCH3 is 1. The summed E-state index contributed by atoms with van der Waals surface area (Å²) in [6, 6.07) is 1.02. The average Bonchev–Trinajstić information content (AvgIpc) is 2.92. The minimum atomic E-state index is -0.556. The fourth-order valence-corrected chi connectivity index (χ4v) is 2.52. The van der Waals surface area contributed by atoms with Crippen LogP contribution in [-0.4, -0.2) is 38.2 Å². The summed E-state index contributed by atoms with van der Waals surface area (Å²) in [5.41, 5.74) is 6.35. The summed E-state index contributed by atoms with van der Waals surface area (Å²) in [5.74, 6) is 0.409. The molecule has 1 amide bonds. The number of carbonyl (C=O) groups excluding carboxylic acids is 2. The van der Waals surface area contributed by atoms with Crippen LogP contribution in [0.3, 0.4) is 0 Å². The minimum absolute atomic E-state index is 0. The van der Waals surface area contributed by atoms with E-state index in [1.165, 1.54) is 7.11 Å². The fraction of sp³-hybridized carbons (Fsp3) is 0.600. The van der Waals surface area contributed by atoms with Gasteiger partial charge in [0.25, 0.3) is 0 Å². The highest BCUT2D eigenvalue weighted by Crippen LogP contribution is 2.18. The minimum Gasteiger partial charge on any atom is -0.465 e. The molecule has 3 N–H and O–H groups in total. The van der Waals surface area contributed by atoms with Gasteiger partial charge in [-0.15, -0.1) is 12.4 Å². The Labute approximate surface area is 141 Å². The largest absolute Gasteiger partial charge is 0.465 e. The van der Waals surface area contributed by atoms with Crippen molar-refractivity contribution in [2.24, 2.45) is 11.7 Å². The van der Waals surface area contributed by atoms with Crippen molar-refractivity contribution in [3.8, 4) is 0 Å². The molecule has 0 bridgehead atoms. The number of amides is 1. The SMILES string of the molecule is COC(=O)c1cc(CNC(=O)C(N)C2CCOCC2)oc1C.Cl. The second kappa shape index (κ2) is 8.90. The standard InChI is InChI=1S/C15H22N2O5.ClH/c1-9-12(15(19)20-2)7-11(22-9)8-17-14(18)13(16)10-3-5-21-6-4-10;/h7,10,13H,3-6,8,16H2,1-2H3,(H,17,18);1H. The first-order valence-corrected chi connectivity index (χ1v) is 7.31. The van der Waals surface area contributed by atoms with Crippen LogP contribution >= 0.6 is 12.4 Å². The van der Waals surface area contributed by atoms with E-state index in [4.69, 9.17) is 14.9 Å². The lowest BCUT2D eigenvalue weighted by Gasteiger charge is -2.26. The van der Waals surface area contributed by atoms with Crippen LogP contribution in [0.5, 0.6) is 0 Å². The van der Waals surface area contributed by atoms with Crippen LogP contribution in [0, 0.1) is 12.8 Å². The lowest BCUT2D eigenvalue weighted by atomic mass is 9.92. The summed E-state index contributed by atoms with van der Waals surface area (Å²) in [6.45, 7) is 3.15. The molecule has 1 saturated heterocycles. The normalized spacial score (nSPS) is 16.3. The fourth-order valence-electron chi connectivity index (χ4n) is 2.52. The van der Waals surface area contributed by atoms with Crippen molar-refractivity contribution >= 4 is 24.3 Å². The molecule has 130 valence electrons. The van der Waals surface area contributed by atoms with Crippen LogP contribution in [0.15, 0.2) is 10.5 Å². The van der Waals surface area contributed by atoms with E-state index in [0.717, 1.165) is 12.8 Å². The number of ether oxygens (including phenoxy) is 2. The molecule has 0 radical (unpaired) electrons. The van der Waals surface area contributed by atoms with E-state index in [1.807, 2.05) is 0 Å². The van der Waals surface area contributed by atoms with E-state index in [2.05, 4.69) is 10.1 Å². The van der Waals surface area contributed by atoms with Gasteiger partial charge in [0.1, 0.15) is 17.1 Å². The maximum absolute atomic E-state index is 12.1. The molecule has 0 aliphatic carbocycles. The molecule has 1 atom stereocenters. The monoisotopic (exact) mass is 346 g/mol. The van der Waals surface area contributed by atoms with E-state index in [1.54, 1.807) is 13.0 Å². The van der Waals surface area contributed by atoms with Crippen molar-refractivity contribution in [2.75, 3.05) is 20.3 Å². The number of nitrogens with one attached hydrogen (secondary N) is 1. The molecular formula is C15H23ClN2O5. The first-order valence-electron chi connectivity index (χ1n) is 7.31. The van der Waals surface area contributed by atoms with Crippen LogP contribution in [-0.2, 0) is 20.8 Å². The van der Waals surface area contributed by atoms with Gasteiger partial charge in [-0.1, -0.05) is 0 Å². The number of furan rings is 1. The number of nitrogens with two attached hydrogens (primary N) is 1. The molecule has 2 rings (SSSR count). The Morgan fingerprint density at radius 3 is 2.70 bits per heavy atom. The molecule has 0 aromatic carbocycles. The Morgan fingerprint density at radius 1 is 1.43 bits per heavy atom. The molecule has 1 aromatic heterocycles. The quantitative estimate of drug-likeness (QED) is 0.775. The third-order valence-corrected chi connectivity index (χ3v) is 3.89. The van der Waals surface area contributed by atoms with Gasteiger partial charge >= 0.3 is 5.97 Å². The highest BCUT2D eigenvalue weighted by molar-refractivity contribution is 5.90. The Hall–Kier alpha value is -1.57. The van der Waals surface area contributed by atoms with Gasteiger partial charge in [-0.3, -0.25) is 4.79 Å². The summed E-state index contributed by atoms with van der Waals surface area (Å²) in [7, 11) is 1.31. The van der Waals surface area contributed by atoms with Crippen molar-refractivity contribution in [1.82, 2.24) is 5.32 Å². The van der Waals surface area contributed by atoms with Crippen LogP contribution < -0.4 is 11.1 Å². The van der Waals surface area contributed by atoms with E-state index < -0.39 is 12.0 Å². The number of hydrogen-bond donors (Lipinski definition) is 2. The Balaban J connectivity index is 0.00000264. The van der Waals surface area contributed by atoms with Crippen molar-refractivity contribution in [1.29, 1.82) is 0 Å². The number of esters is 1. The van der Waals surface area contributed by atoms with Crippen LogP contribution in [0.2, 0.25) is 0 Å². The summed E-state index contributed by atoms with van der Waals surface area (Å²) in [5, 5.41) is 2.74. The number of aryl methyl sites for hydroxylation is 1. The molecule has 8 heteroatoms. The van der Waals surface area contributed by atoms with Crippen molar-refractivity contribution in [2.45, 2.75) is 32.4 Å². The second-order valence-electron chi connectivity index (χ2n) is 5.37. The van der Waals surface area contributed by atoms with Crippen LogP contribution in [0.1, 0.15) is 34.7 Å². The summed E-state index contributed by atoms with van der Waals surface area (Å²) < 4.78 is 15.4. The van der Waals surface area contributed by atoms with Crippen LogP contribution in [0.25, 0.3) is 0 Å². The Kier molecular flexibility index (Phi) is 7.54. The lowest BCUT2D eigenvalue weighted by molar-refractivity contribution is -0.124. The first-order chi connectivity index (χ1) is 10.5. The summed E-state index contributed by atoms with van der Waals surface area (Å²) >= 11 is 0. The first kappa shape index (κ1) is 19.5. The van der Waals surface area contributed by atoms with Gasteiger partial charge < -0.3 is 24.9 Å². The van der Waals surface area contributed by atoms with Crippen molar-refractivity contribution in [3.63, 3.8) is 0 Å². The second-order valence-corrected chi connectivity index (χ2v) is 5.37. The van der Waals surface area contributed by atoms with Gasteiger partial charge in [0.15, 0.2) is 0 Å². The van der Waals surface area contributed by atoms with Gasteiger partial charge in [0.2, 0.25) is 5.91 Å². The number of carbonyl (C=O) groups is 2. The molecule has 0 saturated carbocycles. The third-order valence-electron chi connectivity index (χ3n) is 3.89. The average molecular weight is 347 g/mol. The molecule has 1 fully saturated rings. The number of rotatable bonds is 5. The van der Waals surface area contributed by atoms with E-state index in [9.17, 15) is 9.59 Å². The summed E-state index contributed by atoms with van der Waals surface area (Å²) in [6.07, 6.45) is 1.59. The maximum Gasteiger partial charge on any atom is 0.341 e. The molecule has 0 spiro atoms. The molecule has 23 heavy (non-hydrogen) atoms. The van der Waals surface area contributed by atoms with E-state index >= 15 is 0 Å². The Morgan fingerprint density at radius 2 is 2.09 bits per heavy atom. The highest BCUT2D eigenvalue weighted by Gasteiger charge is 2.26. The lowest BCUT2D eigenvalue weighted by Crippen LogP contribution is -2.46. The maximum atomic E-state index is 12.1. The predicted molar refractivity (Wildman–Crippen MR) is 85.4 cm³/mol. The van der Waals surface area contributed by atoms with Gasteiger partial charge in [-0.05, 0) is 31.7 Å². The number of halogens is 1. The van der Waals surface area contributed by atoms with Crippen molar-refractivity contribution < 1.29 is 23.5 Å². The molecule has 1 aliphatic heterocycles. The Bertz CT molecular complexity index is 540. The van der Waals surface area contributed by atoms with Gasteiger partial charge in [-0.2, -0.15) is 0 Å². The smallest absolute Gasteiger partial charge is 0.341 e. The van der Waals surface area contributed by atoms with E-state index in [0.29, 0.717) is 30.3 Å². The topological polar surface area (TPSA) is 104 Å². The van der Waals surface area contributed by atoms with Gasteiger partial charge in [0.05, 0.1) is 19.7 Å². The summed E-state index contributed by atoms with van der Waals surface area (Å²) in [4.78, 5) is 23.6. The molecule has 1 unspecified atom stereocenters. The number of hydrogen-bond acceptors (Lipinski definition) is 6. The molecule has 1 aliphatic rings. The van der Waals surface area contributed by atoms with Gasteiger partial charge in [0, 0.05) is 13.2 Å². The molecule has 2 heterocycles. The van der Waals surface area contributed by atoms with Gasteiger partial charge in [-0.25, -0.2) is 4.79 Å². The molecular weight excluding hydrogens is 324 g/mol. The van der Waals surface area contributed by atoms with Crippen LogP contribution in [0.4, 0.5) is 0 Å². The third kappa shape index (κ3) is 4.95. The zero-order chi connectivity index (χ0) is 16.1. The molecule has 1 aromatic rings. The highest BCUT2D eigenvalue weighted by atomic mass is 35.5. The van der Waals surface area contributed by atoms with Crippen molar-refractivity contribution in [3.05, 3.63) is 23.2 Å². The molecule has 7 nitrogen and oxygen atoms in total. The zero-order valence-corrected chi connectivity index (χ0v) is 14.1. The zero-order valence-electron chi connectivity index (χ0n) is 13.3. The van der Waals surface area contributed by atoms with E-state index in [-0.39, 0.29) is 30.8 Å². The predicted octanol–water partition coefficient (Wildman–Crippen LogP) is 1.17.